The van der Waals surface area contributed by atoms with E-state index in [1.54, 1.807) is 0 Å². The molecule has 1 aromatic heterocycles. The van der Waals surface area contributed by atoms with Crippen LogP contribution < -0.4 is 5.32 Å². The lowest BCUT2D eigenvalue weighted by Gasteiger charge is -2.25. The van der Waals surface area contributed by atoms with E-state index in [9.17, 15) is 0 Å². The number of nitrogens with one attached hydrogen (secondary N) is 1. The van der Waals surface area contributed by atoms with Crippen molar-refractivity contribution in [1.82, 2.24) is 10.3 Å². The minimum Gasteiger partial charge on any atom is -0.381 e. The predicted molar refractivity (Wildman–Crippen MR) is 78.3 cm³/mol. The Balaban J connectivity index is 1.67. The van der Waals surface area contributed by atoms with E-state index in [2.05, 4.69) is 23.3 Å². The number of ether oxygens (including phenoxy) is 1. The highest BCUT2D eigenvalue weighted by atomic mass is 16.5. The molecule has 0 aromatic carbocycles. The molecular formula is C16H26N2O. The predicted octanol–water partition coefficient (Wildman–Crippen LogP) is 3.26. The summed E-state index contributed by atoms with van der Waals surface area (Å²) >= 11 is 0. The molecule has 3 heteroatoms. The standard InChI is InChI=1S/C16H26N2O/c1-2-3-12-19-13-6-11-17-15-9-4-7-14-8-5-10-18-16(14)15/h5,8,10,15,17H,2-4,6-7,9,11-13H2,1H3. The molecule has 3 nitrogen and oxygen atoms in total. The van der Waals surface area contributed by atoms with Crippen LogP contribution in [-0.2, 0) is 11.2 Å². The average Bonchev–Trinajstić information content (AvgIpc) is 2.46. The second-order valence-electron chi connectivity index (χ2n) is 5.27. The first-order valence-corrected chi connectivity index (χ1v) is 7.66. The summed E-state index contributed by atoms with van der Waals surface area (Å²) in [6, 6.07) is 4.70. The molecule has 0 aliphatic heterocycles. The normalized spacial score (nSPS) is 18.3. The molecule has 1 aliphatic rings. The largest absolute Gasteiger partial charge is 0.381 e. The minimum absolute atomic E-state index is 0.445. The van der Waals surface area contributed by atoms with Crippen molar-refractivity contribution in [3.05, 3.63) is 29.6 Å². The molecule has 1 aliphatic carbocycles. The molecule has 0 fully saturated rings. The summed E-state index contributed by atoms with van der Waals surface area (Å²) in [5, 5.41) is 3.63. The van der Waals surface area contributed by atoms with Gasteiger partial charge in [0, 0.05) is 25.5 Å². The summed E-state index contributed by atoms with van der Waals surface area (Å²) in [7, 11) is 0. The second-order valence-corrected chi connectivity index (χ2v) is 5.27. The fourth-order valence-electron chi connectivity index (χ4n) is 2.61. The maximum Gasteiger partial charge on any atom is 0.0605 e. The van der Waals surface area contributed by atoms with E-state index in [0.717, 1.165) is 26.2 Å². The lowest BCUT2D eigenvalue weighted by atomic mass is 9.92. The van der Waals surface area contributed by atoms with Crippen molar-refractivity contribution in [2.24, 2.45) is 0 Å². The van der Waals surface area contributed by atoms with Crippen molar-refractivity contribution in [3.63, 3.8) is 0 Å². The number of rotatable bonds is 8. The number of aryl methyl sites for hydroxylation is 1. The molecule has 106 valence electrons. The first-order chi connectivity index (χ1) is 9.42. The van der Waals surface area contributed by atoms with Crippen LogP contribution in [0.4, 0.5) is 0 Å². The van der Waals surface area contributed by atoms with Crippen molar-refractivity contribution in [1.29, 1.82) is 0 Å². The van der Waals surface area contributed by atoms with E-state index in [-0.39, 0.29) is 0 Å². The topological polar surface area (TPSA) is 34.1 Å². The number of fused-ring (bicyclic) bond motifs is 1. The van der Waals surface area contributed by atoms with Gasteiger partial charge in [0.1, 0.15) is 0 Å². The Morgan fingerprint density at radius 3 is 3.16 bits per heavy atom. The van der Waals surface area contributed by atoms with Gasteiger partial charge >= 0.3 is 0 Å². The van der Waals surface area contributed by atoms with Gasteiger partial charge in [-0.25, -0.2) is 0 Å². The molecule has 0 amide bonds. The van der Waals surface area contributed by atoms with Crippen molar-refractivity contribution >= 4 is 0 Å². The van der Waals surface area contributed by atoms with Crippen LogP contribution in [0, 0.1) is 0 Å². The molecule has 0 saturated heterocycles. The lowest BCUT2D eigenvalue weighted by molar-refractivity contribution is 0.128. The summed E-state index contributed by atoms with van der Waals surface area (Å²) in [6.45, 7) is 4.99. The van der Waals surface area contributed by atoms with Gasteiger partial charge in [-0.3, -0.25) is 4.98 Å². The zero-order valence-electron chi connectivity index (χ0n) is 12.0. The Bertz CT molecular complexity index is 368. The third-order valence-electron chi connectivity index (χ3n) is 3.69. The maximum atomic E-state index is 5.58. The van der Waals surface area contributed by atoms with Crippen LogP contribution in [0.15, 0.2) is 18.3 Å². The summed E-state index contributed by atoms with van der Waals surface area (Å²) in [4.78, 5) is 4.55. The monoisotopic (exact) mass is 262 g/mol. The number of nitrogens with zero attached hydrogens (tertiary/aromatic N) is 1. The van der Waals surface area contributed by atoms with Gasteiger partial charge < -0.3 is 10.1 Å². The van der Waals surface area contributed by atoms with E-state index < -0.39 is 0 Å². The van der Waals surface area contributed by atoms with Gasteiger partial charge in [0.25, 0.3) is 0 Å². The smallest absolute Gasteiger partial charge is 0.0605 e. The lowest BCUT2D eigenvalue weighted by Crippen LogP contribution is -2.27. The molecule has 0 radical (unpaired) electrons. The highest BCUT2D eigenvalue weighted by molar-refractivity contribution is 5.25. The van der Waals surface area contributed by atoms with Crippen molar-refractivity contribution in [2.45, 2.75) is 51.5 Å². The fraction of sp³-hybridized carbons (Fsp3) is 0.688. The van der Waals surface area contributed by atoms with Gasteiger partial charge in [-0.15, -0.1) is 0 Å². The van der Waals surface area contributed by atoms with Crippen LogP contribution >= 0.6 is 0 Å². The first-order valence-electron chi connectivity index (χ1n) is 7.66. The molecule has 0 spiro atoms. The minimum atomic E-state index is 0.445. The molecule has 1 heterocycles. The third kappa shape index (κ3) is 4.59. The molecular weight excluding hydrogens is 236 g/mol. The van der Waals surface area contributed by atoms with E-state index in [0.29, 0.717) is 6.04 Å². The highest BCUT2D eigenvalue weighted by Crippen LogP contribution is 2.27. The number of unbranched alkanes of at least 4 members (excludes halogenated alkanes) is 1. The average molecular weight is 262 g/mol. The number of aromatic nitrogens is 1. The van der Waals surface area contributed by atoms with Gasteiger partial charge in [-0.2, -0.15) is 0 Å². The molecule has 0 bridgehead atoms. The van der Waals surface area contributed by atoms with Crippen LogP contribution in [0.1, 0.15) is 56.3 Å². The molecule has 1 atom stereocenters. The van der Waals surface area contributed by atoms with Gasteiger partial charge in [-0.1, -0.05) is 19.4 Å². The molecule has 1 unspecified atom stereocenters. The molecule has 19 heavy (non-hydrogen) atoms. The van der Waals surface area contributed by atoms with Crippen LogP contribution in [0.5, 0.6) is 0 Å². The Hall–Kier alpha value is -0.930. The number of pyridine rings is 1. The maximum absolute atomic E-state index is 5.58. The fourth-order valence-corrected chi connectivity index (χ4v) is 2.61. The first kappa shape index (κ1) is 14.5. The van der Waals surface area contributed by atoms with Crippen molar-refractivity contribution in [2.75, 3.05) is 19.8 Å². The highest BCUT2D eigenvalue weighted by Gasteiger charge is 2.20. The van der Waals surface area contributed by atoms with E-state index >= 15 is 0 Å². The number of hydrogen-bond donors (Lipinski definition) is 1. The summed E-state index contributed by atoms with van der Waals surface area (Å²) < 4.78 is 5.58. The molecule has 1 N–H and O–H groups in total. The van der Waals surface area contributed by atoms with Gasteiger partial charge in [0.05, 0.1) is 5.69 Å². The Labute approximate surface area is 116 Å². The van der Waals surface area contributed by atoms with Gasteiger partial charge in [0.15, 0.2) is 0 Å². The Morgan fingerprint density at radius 1 is 1.37 bits per heavy atom. The quantitative estimate of drug-likeness (QED) is 0.730. The third-order valence-corrected chi connectivity index (χ3v) is 3.69. The Morgan fingerprint density at radius 2 is 2.26 bits per heavy atom. The summed E-state index contributed by atoms with van der Waals surface area (Å²) in [5.74, 6) is 0. The number of hydrogen-bond acceptors (Lipinski definition) is 3. The van der Waals surface area contributed by atoms with Crippen LogP contribution in [-0.4, -0.2) is 24.7 Å². The summed E-state index contributed by atoms with van der Waals surface area (Å²) in [6.07, 6.45) is 9.04. The summed E-state index contributed by atoms with van der Waals surface area (Å²) in [5.41, 5.74) is 2.69. The zero-order valence-corrected chi connectivity index (χ0v) is 12.0. The SMILES string of the molecule is CCCCOCCCNC1CCCc2cccnc21. The van der Waals surface area contributed by atoms with Crippen molar-refractivity contribution in [3.8, 4) is 0 Å². The van der Waals surface area contributed by atoms with Crippen LogP contribution in [0.2, 0.25) is 0 Å². The molecule has 2 rings (SSSR count). The van der Waals surface area contributed by atoms with Gasteiger partial charge in [0.2, 0.25) is 0 Å². The molecule has 1 aromatic rings. The van der Waals surface area contributed by atoms with E-state index in [1.165, 1.54) is 43.4 Å². The van der Waals surface area contributed by atoms with E-state index in [1.807, 2.05) is 12.3 Å². The molecule has 0 saturated carbocycles. The second kappa shape index (κ2) is 8.28. The van der Waals surface area contributed by atoms with E-state index in [4.69, 9.17) is 4.74 Å². The van der Waals surface area contributed by atoms with Crippen LogP contribution in [0.25, 0.3) is 0 Å². The van der Waals surface area contributed by atoms with Gasteiger partial charge in [-0.05, 0) is 50.3 Å². The van der Waals surface area contributed by atoms with Crippen molar-refractivity contribution < 1.29 is 4.74 Å². The van der Waals surface area contributed by atoms with Crippen LogP contribution in [0.3, 0.4) is 0 Å². The zero-order chi connectivity index (χ0) is 13.3. The Kier molecular flexibility index (Phi) is 6.31.